The van der Waals surface area contributed by atoms with E-state index in [1.54, 1.807) is 18.4 Å². The Morgan fingerprint density at radius 3 is 2.69 bits per heavy atom. The zero-order valence-electron chi connectivity index (χ0n) is 15.5. The summed E-state index contributed by atoms with van der Waals surface area (Å²) in [6.45, 7) is -0.213. The number of sulfonamides is 1. The van der Waals surface area contributed by atoms with Crippen LogP contribution in [0.1, 0.15) is 28.2 Å². The molecule has 1 unspecified atom stereocenters. The predicted octanol–water partition coefficient (Wildman–Crippen LogP) is 2.86. The van der Waals surface area contributed by atoms with Gasteiger partial charge < -0.3 is 14.8 Å². The van der Waals surface area contributed by atoms with E-state index >= 15 is 0 Å². The number of carbonyl (C=O) groups is 1. The Hall–Kier alpha value is -2.08. The number of rotatable bonds is 7. The normalized spacial score (nSPS) is 16.6. The fraction of sp³-hybridized carbons (Fsp3) is 0.389. The highest BCUT2D eigenvalue weighted by Crippen LogP contribution is 2.27. The van der Waals surface area contributed by atoms with Crippen molar-refractivity contribution in [1.82, 2.24) is 9.62 Å². The van der Waals surface area contributed by atoms with Gasteiger partial charge in [-0.1, -0.05) is 12.1 Å². The summed E-state index contributed by atoms with van der Waals surface area (Å²) >= 11 is 1.02. The van der Waals surface area contributed by atoms with Gasteiger partial charge in [-0.15, -0.1) is 11.3 Å². The van der Waals surface area contributed by atoms with Crippen molar-refractivity contribution >= 4 is 27.3 Å². The Balaban J connectivity index is 1.76. The van der Waals surface area contributed by atoms with Crippen LogP contribution in [0.25, 0.3) is 0 Å². The van der Waals surface area contributed by atoms with E-state index in [1.807, 2.05) is 0 Å². The van der Waals surface area contributed by atoms with Gasteiger partial charge in [0.15, 0.2) is 0 Å². The van der Waals surface area contributed by atoms with Gasteiger partial charge in [0.2, 0.25) is 10.0 Å². The van der Waals surface area contributed by atoms with Crippen LogP contribution in [0.5, 0.6) is 5.75 Å². The van der Waals surface area contributed by atoms with Crippen LogP contribution in [0.2, 0.25) is 0 Å². The number of hydrogen-bond donors (Lipinski definition) is 1. The first-order valence-electron chi connectivity index (χ1n) is 8.80. The van der Waals surface area contributed by atoms with Crippen molar-refractivity contribution in [1.29, 1.82) is 0 Å². The number of benzene rings is 1. The van der Waals surface area contributed by atoms with E-state index in [1.165, 1.54) is 28.6 Å². The van der Waals surface area contributed by atoms with Crippen molar-refractivity contribution in [2.45, 2.75) is 24.5 Å². The number of morpholine rings is 1. The molecule has 0 saturated carbocycles. The molecule has 1 saturated heterocycles. The van der Waals surface area contributed by atoms with E-state index in [0.29, 0.717) is 18.8 Å². The molecule has 1 aromatic carbocycles. The summed E-state index contributed by atoms with van der Waals surface area (Å²) in [6, 6.07) is 6.84. The molecule has 158 valence electrons. The molecule has 11 heteroatoms. The Kier molecular flexibility index (Phi) is 6.83. The van der Waals surface area contributed by atoms with Crippen molar-refractivity contribution < 1.29 is 31.5 Å². The summed E-state index contributed by atoms with van der Waals surface area (Å²) in [5, 5.41) is 4.26. The molecule has 2 heterocycles. The van der Waals surface area contributed by atoms with Crippen LogP contribution in [-0.4, -0.2) is 51.5 Å². The second kappa shape index (κ2) is 9.16. The molecule has 1 amide bonds. The third kappa shape index (κ3) is 5.10. The van der Waals surface area contributed by atoms with Crippen molar-refractivity contribution in [2.24, 2.45) is 0 Å². The van der Waals surface area contributed by atoms with Crippen LogP contribution in [0, 0.1) is 0 Å². The molecule has 1 N–H and O–H groups in total. The molecule has 0 radical (unpaired) electrons. The summed E-state index contributed by atoms with van der Waals surface area (Å²) in [5.74, 6) is -0.579. The lowest BCUT2D eigenvalue weighted by Crippen LogP contribution is -2.41. The van der Waals surface area contributed by atoms with E-state index in [9.17, 15) is 22.0 Å². The second-order valence-corrected chi connectivity index (χ2v) is 9.10. The number of alkyl halides is 2. The minimum absolute atomic E-state index is 0.0229. The molecule has 1 aliphatic rings. The van der Waals surface area contributed by atoms with Crippen LogP contribution in [0.3, 0.4) is 0 Å². The number of thiophene rings is 1. The second-order valence-electron chi connectivity index (χ2n) is 6.28. The van der Waals surface area contributed by atoms with Gasteiger partial charge in [0.1, 0.15) is 15.5 Å². The van der Waals surface area contributed by atoms with Gasteiger partial charge in [-0.3, -0.25) is 4.79 Å². The molecular weight excluding hydrogens is 426 g/mol. The first-order chi connectivity index (χ1) is 13.8. The number of hydrogen-bond acceptors (Lipinski definition) is 6. The lowest BCUT2D eigenvalue weighted by Gasteiger charge is -2.26. The highest BCUT2D eigenvalue weighted by atomic mass is 32.2. The van der Waals surface area contributed by atoms with Crippen LogP contribution in [-0.2, 0) is 14.8 Å². The fourth-order valence-corrected chi connectivity index (χ4v) is 5.61. The summed E-state index contributed by atoms with van der Waals surface area (Å²) in [4.78, 5) is 12.8. The SMILES string of the molecule is CC(NC(=O)c1sccc1S(=O)(=O)N1CCOCC1)c1cccc(OC(F)F)c1. The number of nitrogens with zero attached hydrogens (tertiary/aromatic N) is 1. The molecule has 2 aromatic rings. The van der Waals surface area contributed by atoms with Crippen LogP contribution >= 0.6 is 11.3 Å². The Morgan fingerprint density at radius 2 is 2.00 bits per heavy atom. The number of halogens is 2. The molecule has 1 atom stereocenters. The van der Waals surface area contributed by atoms with Crippen molar-refractivity contribution in [3.8, 4) is 5.75 Å². The summed E-state index contributed by atoms with van der Waals surface area (Å²) in [7, 11) is -3.82. The summed E-state index contributed by atoms with van der Waals surface area (Å²) in [5.41, 5.74) is 0.547. The zero-order valence-corrected chi connectivity index (χ0v) is 17.1. The van der Waals surface area contributed by atoms with Crippen molar-refractivity contribution in [3.05, 3.63) is 46.2 Å². The minimum atomic E-state index is -3.82. The lowest BCUT2D eigenvalue weighted by atomic mass is 10.1. The lowest BCUT2D eigenvalue weighted by molar-refractivity contribution is -0.0499. The Morgan fingerprint density at radius 1 is 1.28 bits per heavy atom. The summed E-state index contributed by atoms with van der Waals surface area (Å²) < 4.78 is 61.4. The van der Waals surface area contributed by atoms with E-state index in [-0.39, 0.29) is 28.6 Å². The predicted molar refractivity (Wildman–Crippen MR) is 103 cm³/mol. The first-order valence-corrected chi connectivity index (χ1v) is 11.1. The highest BCUT2D eigenvalue weighted by molar-refractivity contribution is 7.89. The third-order valence-corrected chi connectivity index (χ3v) is 7.34. The van der Waals surface area contributed by atoms with Gasteiger partial charge in [0.25, 0.3) is 5.91 Å². The molecule has 1 aromatic heterocycles. The van der Waals surface area contributed by atoms with E-state index in [2.05, 4.69) is 10.1 Å². The Labute approximate surface area is 171 Å². The van der Waals surface area contributed by atoms with Gasteiger partial charge in [-0.25, -0.2) is 8.42 Å². The number of carbonyl (C=O) groups excluding carboxylic acids is 1. The molecular formula is C18H20F2N2O5S2. The smallest absolute Gasteiger partial charge is 0.387 e. The maximum Gasteiger partial charge on any atom is 0.387 e. The zero-order chi connectivity index (χ0) is 21.0. The minimum Gasteiger partial charge on any atom is -0.435 e. The fourth-order valence-electron chi connectivity index (χ4n) is 2.90. The number of ether oxygens (including phenoxy) is 2. The van der Waals surface area contributed by atoms with Gasteiger partial charge >= 0.3 is 6.61 Å². The molecule has 0 bridgehead atoms. The van der Waals surface area contributed by atoms with E-state index in [0.717, 1.165) is 11.3 Å². The van der Waals surface area contributed by atoms with Crippen molar-refractivity contribution in [2.75, 3.05) is 26.3 Å². The number of nitrogens with one attached hydrogen (secondary N) is 1. The average molecular weight is 446 g/mol. The molecule has 0 aliphatic carbocycles. The van der Waals surface area contributed by atoms with Crippen LogP contribution in [0.15, 0.2) is 40.6 Å². The largest absolute Gasteiger partial charge is 0.435 e. The maximum atomic E-state index is 12.9. The van der Waals surface area contributed by atoms with E-state index in [4.69, 9.17) is 4.74 Å². The summed E-state index contributed by atoms with van der Waals surface area (Å²) in [6.07, 6.45) is 0. The van der Waals surface area contributed by atoms with E-state index < -0.39 is 28.6 Å². The quantitative estimate of drug-likeness (QED) is 0.707. The van der Waals surface area contributed by atoms with Crippen LogP contribution < -0.4 is 10.1 Å². The van der Waals surface area contributed by atoms with Crippen molar-refractivity contribution in [3.63, 3.8) is 0 Å². The monoisotopic (exact) mass is 446 g/mol. The third-order valence-electron chi connectivity index (χ3n) is 4.35. The van der Waals surface area contributed by atoms with Crippen LogP contribution in [0.4, 0.5) is 8.78 Å². The molecule has 0 spiro atoms. The topological polar surface area (TPSA) is 84.9 Å². The average Bonchev–Trinajstić information content (AvgIpc) is 3.19. The standard InChI is InChI=1S/C18H20F2N2O5S2/c1-12(13-3-2-4-14(11-13)27-18(19)20)21-17(23)16-15(5-10-28-16)29(24,25)22-6-8-26-9-7-22/h2-5,10-12,18H,6-9H2,1H3,(H,21,23). The Bertz CT molecular complexity index is 959. The first kappa shape index (κ1) is 21.6. The molecule has 7 nitrogen and oxygen atoms in total. The van der Waals surface area contributed by atoms with Gasteiger partial charge in [0, 0.05) is 13.1 Å². The van der Waals surface area contributed by atoms with Gasteiger partial charge in [-0.2, -0.15) is 13.1 Å². The number of amides is 1. The molecule has 1 fully saturated rings. The van der Waals surface area contributed by atoms with Gasteiger partial charge in [0.05, 0.1) is 19.3 Å². The maximum absolute atomic E-state index is 12.9. The highest BCUT2D eigenvalue weighted by Gasteiger charge is 2.31. The van der Waals surface area contributed by atoms with Gasteiger partial charge in [-0.05, 0) is 36.1 Å². The molecule has 29 heavy (non-hydrogen) atoms. The molecule has 1 aliphatic heterocycles. The molecule has 3 rings (SSSR count).